The first-order valence-corrected chi connectivity index (χ1v) is 11.0. The Morgan fingerprint density at radius 1 is 0.846 bits per heavy atom. The van der Waals surface area contributed by atoms with Gasteiger partial charge in [-0.15, -0.1) is 0 Å². The normalized spacial score (nSPS) is 17.0. The van der Waals surface area contributed by atoms with Crippen molar-refractivity contribution in [3.05, 3.63) is 0 Å². The van der Waals surface area contributed by atoms with Crippen LogP contribution in [0.3, 0.4) is 0 Å². The molecule has 0 spiro atoms. The second kappa shape index (κ2) is 13.9. The Labute approximate surface area is 160 Å². The van der Waals surface area contributed by atoms with Gasteiger partial charge in [-0.25, -0.2) is 0 Å². The van der Waals surface area contributed by atoms with Gasteiger partial charge in [0.15, 0.2) is 0 Å². The molecule has 0 aromatic carbocycles. The van der Waals surface area contributed by atoms with Gasteiger partial charge in [0.25, 0.3) is 5.91 Å². The molecule has 1 aliphatic rings. The van der Waals surface area contributed by atoms with Crippen LogP contribution in [0.25, 0.3) is 0 Å². The lowest BCUT2D eigenvalue weighted by Gasteiger charge is -2.06. The fourth-order valence-electron chi connectivity index (χ4n) is 3.58. The maximum Gasteiger partial charge on any atom is 0.258 e. The quantitative estimate of drug-likeness (QED) is 0.323. The summed E-state index contributed by atoms with van der Waals surface area (Å²) in [6, 6.07) is 0. The van der Waals surface area contributed by atoms with Crippen molar-refractivity contribution in [1.29, 1.82) is 0 Å². The van der Waals surface area contributed by atoms with Crippen molar-refractivity contribution < 1.29 is 9.59 Å². The van der Waals surface area contributed by atoms with Gasteiger partial charge in [0.1, 0.15) is 0 Å². The molecule has 4 heteroatoms. The Bertz CT molecular complexity index is 445. The zero-order valence-corrected chi connectivity index (χ0v) is 17.4. The lowest BCUT2D eigenvalue weighted by molar-refractivity contribution is -0.143. The van der Waals surface area contributed by atoms with E-state index < -0.39 is 0 Å². The Morgan fingerprint density at radius 3 is 1.65 bits per heavy atom. The van der Waals surface area contributed by atoms with Crippen molar-refractivity contribution in [2.45, 2.75) is 117 Å². The van der Waals surface area contributed by atoms with Crippen molar-refractivity contribution in [2.75, 3.05) is 0 Å². The third kappa shape index (κ3) is 8.95. The molecule has 26 heavy (non-hydrogen) atoms. The summed E-state index contributed by atoms with van der Waals surface area (Å²) < 4.78 is 0. The molecule has 4 nitrogen and oxygen atoms in total. The number of hydrogen-bond acceptors (Lipinski definition) is 3. The highest BCUT2D eigenvalue weighted by molar-refractivity contribution is 6.12. The molecule has 0 fully saturated rings. The molecule has 2 amide bonds. The number of unbranched alkanes of at least 4 members (excludes halogenated alkanes) is 13. The van der Waals surface area contributed by atoms with E-state index in [0.717, 1.165) is 23.6 Å². The molecule has 0 saturated heterocycles. The van der Waals surface area contributed by atoms with Crippen LogP contribution in [0.15, 0.2) is 5.10 Å². The molecule has 150 valence electrons. The molecule has 0 N–H and O–H groups in total. The van der Waals surface area contributed by atoms with Gasteiger partial charge in [-0.1, -0.05) is 90.4 Å². The van der Waals surface area contributed by atoms with Crippen LogP contribution in [0.1, 0.15) is 117 Å². The average molecular weight is 365 g/mol. The molecule has 0 aliphatic carbocycles. The SMILES string of the molecule is CCCCCCCCCCCCCCCCC1=NN(C(C)=O)C(=O)C1C. The van der Waals surface area contributed by atoms with Crippen LogP contribution in [-0.2, 0) is 9.59 Å². The highest BCUT2D eigenvalue weighted by Crippen LogP contribution is 2.20. The monoisotopic (exact) mass is 364 g/mol. The maximum atomic E-state index is 11.9. The molecule has 1 unspecified atom stereocenters. The first-order valence-electron chi connectivity index (χ1n) is 11.0. The summed E-state index contributed by atoms with van der Waals surface area (Å²) >= 11 is 0. The second-order valence-corrected chi connectivity index (χ2v) is 7.83. The smallest absolute Gasteiger partial charge is 0.258 e. The summed E-state index contributed by atoms with van der Waals surface area (Å²) in [5.74, 6) is -0.670. The number of hydrogen-bond donors (Lipinski definition) is 0. The summed E-state index contributed by atoms with van der Waals surface area (Å²) in [6.07, 6.45) is 19.6. The Hall–Kier alpha value is -1.19. The zero-order valence-electron chi connectivity index (χ0n) is 17.4. The van der Waals surface area contributed by atoms with E-state index in [9.17, 15) is 9.59 Å². The summed E-state index contributed by atoms with van der Waals surface area (Å²) in [4.78, 5) is 23.2. The number of carbonyl (C=O) groups is 2. The molecule has 0 radical (unpaired) electrons. The minimum atomic E-state index is -0.280. The van der Waals surface area contributed by atoms with Crippen LogP contribution in [0.5, 0.6) is 0 Å². The third-order valence-electron chi connectivity index (χ3n) is 5.39. The van der Waals surface area contributed by atoms with Crippen LogP contribution >= 0.6 is 0 Å². The largest absolute Gasteiger partial charge is 0.273 e. The van der Waals surface area contributed by atoms with Crippen LogP contribution in [-0.4, -0.2) is 22.5 Å². The summed E-state index contributed by atoms with van der Waals surface area (Å²) in [5, 5.41) is 5.23. The van der Waals surface area contributed by atoms with E-state index in [1.807, 2.05) is 6.92 Å². The predicted octanol–water partition coefficient (Wildman–Crippen LogP) is 6.24. The standard InChI is InChI=1S/C22H40N2O2/c1-4-5-6-7-8-9-10-11-12-13-14-15-16-17-18-21-19(2)22(26)24(23-21)20(3)25/h19H,4-18H2,1-3H3. The maximum absolute atomic E-state index is 11.9. The van der Waals surface area contributed by atoms with E-state index in [-0.39, 0.29) is 17.7 Å². The molecule has 0 aromatic rings. The van der Waals surface area contributed by atoms with E-state index in [0.29, 0.717) is 0 Å². The first-order chi connectivity index (χ1) is 12.6. The van der Waals surface area contributed by atoms with Gasteiger partial charge < -0.3 is 0 Å². The lowest BCUT2D eigenvalue weighted by atomic mass is 9.99. The molecule has 0 bridgehead atoms. The fourth-order valence-corrected chi connectivity index (χ4v) is 3.58. The number of carbonyl (C=O) groups excluding carboxylic acids is 2. The minimum absolute atomic E-state index is 0.169. The van der Waals surface area contributed by atoms with Crippen LogP contribution in [0.2, 0.25) is 0 Å². The van der Waals surface area contributed by atoms with Gasteiger partial charge in [0.05, 0.1) is 11.6 Å². The van der Waals surface area contributed by atoms with Gasteiger partial charge in [-0.3, -0.25) is 9.59 Å². The van der Waals surface area contributed by atoms with E-state index in [4.69, 9.17) is 0 Å². The lowest BCUT2D eigenvalue weighted by Crippen LogP contribution is -2.29. The number of rotatable bonds is 15. The molecule has 1 rings (SSSR count). The Balaban J connectivity index is 1.92. The topological polar surface area (TPSA) is 49.7 Å². The molecular weight excluding hydrogens is 324 g/mol. The predicted molar refractivity (Wildman–Crippen MR) is 109 cm³/mol. The van der Waals surface area contributed by atoms with Crippen LogP contribution in [0.4, 0.5) is 0 Å². The highest BCUT2D eigenvalue weighted by atomic mass is 16.2. The van der Waals surface area contributed by atoms with E-state index in [1.165, 1.54) is 90.4 Å². The van der Waals surface area contributed by atoms with E-state index in [2.05, 4.69) is 12.0 Å². The van der Waals surface area contributed by atoms with Crippen molar-refractivity contribution in [3.63, 3.8) is 0 Å². The molecular formula is C22H40N2O2. The van der Waals surface area contributed by atoms with Crippen molar-refractivity contribution in [2.24, 2.45) is 11.0 Å². The minimum Gasteiger partial charge on any atom is -0.273 e. The number of amides is 2. The average Bonchev–Trinajstić information content (AvgIpc) is 2.90. The molecule has 0 aromatic heterocycles. The van der Waals surface area contributed by atoms with Crippen molar-refractivity contribution in [1.82, 2.24) is 5.01 Å². The Kier molecular flexibility index (Phi) is 12.3. The van der Waals surface area contributed by atoms with Gasteiger partial charge in [0.2, 0.25) is 5.91 Å². The highest BCUT2D eigenvalue weighted by Gasteiger charge is 2.33. The van der Waals surface area contributed by atoms with Gasteiger partial charge >= 0.3 is 0 Å². The fraction of sp³-hybridized carbons (Fsp3) is 0.864. The van der Waals surface area contributed by atoms with Gasteiger partial charge in [0, 0.05) is 6.92 Å². The number of nitrogens with zero attached hydrogens (tertiary/aromatic N) is 2. The van der Waals surface area contributed by atoms with Crippen LogP contribution < -0.4 is 0 Å². The summed E-state index contributed by atoms with van der Waals surface area (Å²) in [5.41, 5.74) is 0.879. The van der Waals surface area contributed by atoms with Gasteiger partial charge in [-0.05, 0) is 19.8 Å². The molecule has 1 heterocycles. The second-order valence-electron chi connectivity index (χ2n) is 7.83. The zero-order chi connectivity index (χ0) is 19.2. The number of imide groups is 1. The molecule has 0 saturated carbocycles. The van der Waals surface area contributed by atoms with Gasteiger partial charge in [-0.2, -0.15) is 10.1 Å². The number of hydrazone groups is 1. The molecule has 1 atom stereocenters. The first kappa shape index (κ1) is 22.9. The van der Waals surface area contributed by atoms with Crippen molar-refractivity contribution in [3.8, 4) is 0 Å². The molecule has 1 aliphatic heterocycles. The Morgan fingerprint density at radius 2 is 1.27 bits per heavy atom. The van der Waals surface area contributed by atoms with Crippen LogP contribution in [0, 0.1) is 5.92 Å². The summed E-state index contributed by atoms with van der Waals surface area (Å²) in [6.45, 7) is 5.52. The summed E-state index contributed by atoms with van der Waals surface area (Å²) in [7, 11) is 0. The van der Waals surface area contributed by atoms with Crippen molar-refractivity contribution >= 4 is 17.5 Å². The van der Waals surface area contributed by atoms with E-state index >= 15 is 0 Å². The third-order valence-corrected chi connectivity index (χ3v) is 5.39. The van der Waals surface area contributed by atoms with E-state index in [1.54, 1.807) is 0 Å².